The van der Waals surface area contributed by atoms with Crippen molar-refractivity contribution in [2.45, 2.75) is 25.7 Å². The van der Waals surface area contributed by atoms with Crippen molar-refractivity contribution in [1.82, 2.24) is 10.2 Å². The maximum atomic E-state index is 3.49. The summed E-state index contributed by atoms with van der Waals surface area (Å²) in [7, 11) is 0.702. The van der Waals surface area contributed by atoms with Crippen molar-refractivity contribution in [2.24, 2.45) is 0 Å². The minimum absolute atomic E-state index is 0.702. The van der Waals surface area contributed by atoms with E-state index >= 15 is 0 Å². The van der Waals surface area contributed by atoms with Gasteiger partial charge in [-0.3, -0.25) is 0 Å². The highest BCUT2D eigenvalue weighted by Crippen LogP contribution is 2.38. The molecule has 2 nitrogen and oxygen atoms in total. The van der Waals surface area contributed by atoms with Crippen molar-refractivity contribution in [3.63, 3.8) is 0 Å². The van der Waals surface area contributed by atoms with Crippen LogP contribution in [0.1, 0.15) is 47.9 Å². The van der Waals surface area contributed by atoms with Crippen LogP contribution in [0.5, 0.6) is 0 Å². The lowest BCUT2D eigenvalue weighted by molar-refractivity contribution is 0.253. The van der Waals surface area contributed by atoms with Gasteiger partial charge in [-0.1, -0.05) is 66.3 Å². The zero-order valence-electron chi connectivity index (χ0n) is 18.6. The standard InChI is InChI=1S/C28H35N2S/c1-3-9-26-23(7-1)11-12-24-8-2-4-10-27(24)28(26)25-13-18-30(19-14-25)17-5-6-20-31-21-15-29-16-22-31/h1-4,7-12,29H,5-6,13-22H2/q+1. The fourth-order valence-electron chi connectivity index (χ4n) is 5.25. The summed E-state index contributed by atoms with van der Waals surface area (Å²) in [6.07, 6.45) is 9.78. The van der Waals surface area contributed by atoms with Gasteiger partial charge in [0.1, 0.15) is 17.3 Å². The molecule has 2 saturated heterocycles. The van der Waals surface area contributed by atoms with Crippen LogP contribution in [-0.2, 0) is 10.9 Å². The van der Waals surface area contributed by atoms with E-state index in [1.165, 1.54) is 103 Å². The second-order valence-corrected chi connectivity index (χ2v) is 11.5. The first-order valence-electron chi connectivity index (χ1n) is 12.0. The third-order valence-electron chi connectivity index (χ3n) is 7.01. The van der Waals surface area contributed by atoms with Crippen LogP contribution < -0.4 is 5.32 Å². The van der Waals surface area contributed by atoms with E-state index in [0.29, 0.717) is 10.9 Å². The highest BCUT2D eigenvalue weighted by molar-refractivity contribution is 7.96. The van der Waals surface area contributed by atoms with E-state index in [1.54, 1.807) is 5.57 Å². The quantitative estimate of drug-likeness (QED) is 0.448. The molecule has 0 unspecified atom stereocenters. The average molecular weight is 432 g/mol. The molecule has 2 aromatic carbocycles. The molecule has 0 aromatic heterocycles. The van der Waals surface area contributed by atoms with Gasteiger partial charge in [0.15, 0.2) is 0 Å². The average Bonchev–Trinajstić information content (AvgIpc) is 3.00. The zero-order valence-corrected chi connectivity index (χ0v) is 19.4. The summed E-state index contributed by atoms with van der Waals surface area (Å²) in [5.74, 6) is 4.29. The summed E-state index contributed by atoms with van der Waals surface area (Å²) in [4.78, 5) is 2.71. The molecule has 0 atom stereocenters. The van der Waals surface area contributed by atoms with E-state index in [4.69, 9.17) is 0 Å². The van der Waals surface area contributed by atoms with E-state index in [2.05, 4.69) is 70.9 Å². The van der Waals surface area contributed by atoms with Crippen LogP contribution in [0.4, 0.5) is 0 Å². The van der Waals surface area contributed by atoms with Gasteiger partial charge in [-0.15, -0.1) is 0 Å². The van der Waals surface area contributed by atoms with Gasteiger partial charge in [-0.25, -0.2) is 0 Å². The van der Waals surface area contributed by atoms with Gasteiger partial charge in [-0.05, 0) is 70.9 Å². The Morgan fingerprint density at radius 1 is 0.774 bits per heavy atom. The molecule has 0 radical (unpaired) electrons. The Balaban J connectivity index is 1.25. The number of unbranched alkanes of at least 4 members (excludes halogenated alkanes) is 1. The molecule has 3 aliphatic rings. The molecule has 0 spiro atoms. The van der Waals surface area contributed by atoms with Crippen molar-refractivity contribution in [1.29, 1.82) is 0 Å². The molecule has 0 bridgehead atoms. The summed E-state index contributed by atoms with van der Waals surface area (Å²) in [6, 6.07) is 17.9. The van der Waals surface area contributed by atoms with Crippen LogP contribution in [-0.4, -0.2) is 54.9 Å². The second kappa shape index (κ2) is 10.2. The fraction of sp³-hybridized carbons (Fsp3) is 0.429. The summed E-state index contributed by atoms with van der Waals surface area (Å²) in [5, 5.41) is 3.49. The molecule has 1 aliphatic carbocycles. The number of likely N-dealkylation sites (tertiary alicyclic amines) is 1. The van der Waals surface area contributed by atoms with Gasteiger partial charge < -0.3 is 10.2 Å². The number of piperidine rings is 1. The van der Waals surface area contributed by atoms with Crippen molar-refractivity contribution < 1.29 is 0 Å². The van der Waals surface area contributed by atoms with E-state index in [0.717, 1.165) is 0 Å². The molecule has 3 heteroatoms. The van der Waals surface area contributed by atoms with E-state index in [1.807, 2.05) is 0 Å². The molecule has 2 aromatic rings. The van der Waals surface area contributed by atoms with Gasteiger partial charge in [0.25, 0.3) is 0 Å². The minimum Gasteiger partial charge on any atom is -0.308 e. The summed E-state index contributed by atoms with van der Waals surface area (Å²) in [5.41, 5.74) is 8.67. The Morgan fingerprint density at radius 3 is 2.03 bits per heavy atom. The van der Waals surface area contributed by atoms with Crippen LogP contribution in [0.15, 0.2) is 54.1 Å². The number of nitrogens with zero attached hydrogens (tertiary/aromatic N) is 1. The Labute approximate surface area is 190 Å². The van der Waals surface area contributed by atoms with Crippen LogP contribution in [0, 0.1) is 0 Å². The van der Waals surface area contributed by atoms with Crippen LogP contribution in [0.25, 0.3) is 17.7 Å². The number of benzene rings is 2. The predicted molar refractivity (Wildman–Crippen MR) is 138 cm³/mol. The number of rotatable bonds is 5. The highest BCUT2D eigenvalue weighted by Gasteiger charge is 2.23. The molecular weight excluding hydrogens is 396 g/mol. The van der Waals surface area contributed by atoms with Gasteiger partial charge >= 0.3 is 0 Å². The second-order valence-electron chi connectivity index (χ2n) is 9.01. The molecule has 0 saturated carbocycles. The van der Waals surface area contributed by atoms with Crippen molar-refractivity contribution in [3.8, 4) is 0 Å². The van der Waals surface area contributed by atoms with E-state index < -0.39 is 0 Å². The monoisotopic (exact) mass is 431 g/mol. The summed E-state index contributed by atoms with van der Waals surface area (Å²) in [6.45, 7) is 6.20. The van der Waals surface area contributed by atoms with Gasteiger partial charge in [0, 0.05) is 26.2 Å². The highest BCUT2D eigenvalue weighted by atomic mass is 32.2. The zero-order chi connectivity index (χ0) is 20.9. The smallest absolute Gasteiger partial charge is 0.120 e. The van der Waals surface area contributed by atoms with Gasteiger partial charge in [0.05, 0.1) is 0 Å². The number of fused-ring (bicyclic) bond motifs is 2. The van der Waals surface area contributed by atoms with Crippen LogP contribution in [0.3, 0.4) is 0 Å². The van der Waals surface area contributed by atoms with Gasteiger partial charge in [0.2, 0.25) is 0 Å². The van der Waals surface area contributed by atoms with Crippen molar-refractivity contribution >= 4 is 28.6 Å². The maximum absolute atomic E-state index is 3.49. The van der Waals surface area contributed by atoms with Crippen molar-refractivity contribution in [2.75, 3.05) is 50.0 Å². The topological polar surface area (TPSA) is 15.3 Å². The lowest BCUT2D eigenvalue weighted by Crippen LogP contribution is -2.37. The molecule has 1 N–H and O–H groups in total. The number of hydrogen-bond donors (Lipinski definition) is 1. The third kappa shape index (κ3) is 5.00. The van der Waals surface area contributed by atoms with Crippen LogP contribution in [0.2, 0.25) is 0 Å². The molecular formula is C28H35N2S+. The first kappa shape index (κ1) is 21.1. The summed E-state index contributed by atoms with van der Waals surface area (Å²) < 4.78 is 0. The van der Waals surface area contributed by atoms with E-state index in [9.17, 15) is 0 Å². The first-order valence-corrected chi connectivity index (χ1v) is 13.8. The predicted octanol–water partition coefficient (Wildman–Crippen LogP) is 5.07. The lowest BCUT2D eigenvalue weighted by atomic mass is 9.86. The Morgan fingerprint density at radius 2 is 1.39 bits per heavy atom. The van der Waals surface area contributed by atoms with E-state index in [-0.39, 0.29) is 0 Å². The summed E-state index contributed by atoms with van der Waals surface area (Å²) >= 11 is 0. The maximum Gasteiger partial charge on any atom is 0.120 e. The Kier molecular flexibility index (Phi) is 6.93. The Hall–Kier alpha value is -1.81. The first-order chi connectivity index (χ1) is 15.4. The molecule has 162 valence electrons. The SMILES string of the molecule is C1=Cc2ccccc2C(=C2CCN(CCCC[S+]3CCNCC3)CC2)c2ccccc21. The molecule has 5 rings (SSSR count). The third-order valence-corrected chi connectivity index (χ3v) is 9.44. The molecule has 31 heavy (non-hydrogen) atoms. The number of hydrogen-bond acceptors (Lipinski definition) is 2. The Bertz CT molecular complexity index is 893. The van der Waals surface area contributed by atoms with Gasteiger partial charge in [-0.2, -0.15) is 0 Å². The number of nitrogens with one attached hydrogen (secondary N) is 1. The normalized spacial score (nSPS) is 19.7. The molecule has 2 heterocycles. The van der Waals surface area contributed by atoms with Crippen molar-refractivity contribution in [3.05, 3.63) is 76.4 Å². The van der Waals surface area contributed by atoms with Crippen LogP contribution >= 0.6 is 0 Å². The molecule has 2 fully saturated rings. The molecule has 0 amide bonds. The lowest BCUT2D eigenvalue weighted by Gasteiger charge is -2.30. The fourth-order valence-corrected chi connectivity index (χ4v) is 7.34. The largest absolute Gasteiger partial charge is 0.308 e. The minimum atomic E-state index is 0.702. The molecule has 2 aliphatic heterocycles.